The molecule has 0 atom stereocenters. The van der Waals surface area contributed by atoms with Gasteiger partial charge in [-0.2, -0.15) is 4.57 Å². The van der Waals surface area contributed by atoms with Gasteiger partial charge in [-0.05, 0) is 82.9 Å². The van der Waals surface area contributed by atoms with Crippen molar-refractivity contribution in [2.45, 2.75) is 0 Å². The monoisotopic (exact) mass is 616 g/mol. The smallest absolute Gasteiger partial charge is 0.219 e. The molecule has 5 aromatic heterocycles. The summed E-state index contributed by atoms with van der Waals surface area (Å²) in [6.07, 6.45) is 7.28. The summed E-state index contributed by atoms with van der Waals surface area (Å²) < 4.78 is 2.32. The van der Waals surface area contributed by atoms with Gasteiger partial charge in [-0.15, -0.1) is 0 Å². The van der Waals surface area contributed by atoms with Gasteiger partial charge < -0.3 is 0 Å². The van der Waals surface area contributed by atoms with E-state index in [9.17, 15) is 0 Å². The highest BCUT2D eigenvalue weighted by Crippen LogP contribution is 2.33. The standard InChI is InChI=1S/C43H30N5/c1-3-11-33(12-4-1)42-29-36(30-43(34-13-5-2-6-14-34)48(42)37-21-25-44-26-22-37)32-19-17-31(18-20-32)35-27-40(38-15-7-9-23-45-38)47-41(28-35)39-16-8-10-24-46-39/h1-30H/q+1. The van der Waals surface area contributed by atoms with Crippen LogP contribution < -0.4 is 4.57 Å². The minimum atomic E-state index is 0.807. The molecule has 0 saturated heterocycles. The molecule has 8 rings (SSSR count). The molecular weight excluding hydrogens is 587 g/mol. The molecule has 0 radical (unpaired) electrons. The van der Waals surface area contributed by atoms with Crippen molar-refractivity contribution in [1.29, 1.82) is 0 Å². The number of hydrogen-bond acceptors (Lipinski definition) is 4. The first-order chi connectivity index (χ1) is 23.8. The quantitative estimate of drug-likeness (QED) is 0.167. The minimum Gasteiger partial charge on any atom is -0.264 e. The van der Waals surface area contributed by atoms with E-state index in [4.69, 9.17) is 4.98 Å². The van der Waals surface area contributed by atoms with Crippen LogP contribution in [0.15, 0.2) is 183 Å². The summed E-state index contributed by atoms with van der Waals surface area (Å²) in [7, 11) is 0. The number of nitrogens with zero attached hydrogens (tertiary/aromatic N) is 5. The Morgan fingerprint density at radius 1 is 0.333 bits per heavy atom. The Kier molecular flexibility index (Phi) is 7.83. The molecule has 0 aliphatic rings. The zero-order valence-electron chi connectivity index (χ0n) is 26.1. The van der Waals surface area contributed by atoms with E-state index in [2.05, 4.69) is 141 Å². The highest BCUT2D eigenvalue weighted by Gasteiger charge is 2.25. The largest absolute Gasteiger partial charge is 0.264 e. The lowest BCUT2D eigenvalue weighted by molar-refractivity contribution is -0.572. The highest BCUT2D eigenvalue weighted by atomic mass is 15.0. The van der Waals surface area contributed by atoms with Crippen LogP contribution in [0.4, 0.5) is 0 Å². The van der Waals surface area contributed by atoms with Gasteiger partial charge >= 0.3 is 0 Å². The topological polar surface area (TPSA) is 55.4 Å². The van der Waals surface area contributed by atoms with E-state index >= 15 is 0 Å². The molecule has 0 fully saturated rings. The number of rotatable bonds is 7. The fourth-order valence-corrected chi connectivity index (χ4v) is 6.02. The lowest BCUT2D eigenvalue weighted by Gasteiger charge is -2.13. The summed E-state index contributed by atoms with van der Waals surface area (Å²) in [5, 5.41) is 0. The normalized spacial score (nSPS) is 10.9. The van der Waals surface area contributed by atoms with Crippen molar-refractivity contribution in [1.82, 2.24) is 19.9 Å². The summed E-state index contributed by atoms with van der Waals surface area (Å²) in [6, 6.07) is 54.5. The molecule has 0 aliphatic heterocycles. The highest BCUT2D eigenvalue weighted by molar-refractivity contribution is 5.79. The van der Waals surface area contributed by atoms with Crippen molar-refractivity contribution < 1.29 is 4.57 Å². The first-order valence-corrected chi connectivity index (χ1v) is 15.9. The average Bonchev–Trinajstić information content (AvgIpc) is 3.19. The second-order valence-corrected chi connectivity index (χ2v) is 11.4. The predicted octanol–water partition coefficient (Wildman–Crippen LogP) is 9.55. The average molecular weight is 617 g/mol. The van der Waals surface area contributed by atoms with Crippen molar-refractivity contribution in [3.63, 3.8) is 0 Å². The molecule has 5 heterocycles. The Bertz CT molecular complexity index is 2170. The summed E-state index contributed by atoms with van der Waals surface area (Å²) in [5.74, 6) is 0. The predicted molar refractivity (Wildman–Crippen MR) is 192 cm³/mol. The fraction of sp³-hybridized carbons (Fsp3) is 0. The molecule has 0 unspecified atom stereocenters. The Morgan fingerprint density at radius 3 is 1.25 bits per heavy atom. The van der Waals surface area contributed by atoms with Crippen LogP contribution in [0.1, 0.15) is 0 Å². The summed E-state index contributed by atoms with van der Waals surface area (Å²) >= 11 is 0. The molecule has 5 heteroatoms. The van der Waals surface area contributed by atoms with Gasteiger partial charge in [-0.1, -0.05) is 72.8 Å². The maximum Gasteiger partial charge on any atom is 0.219 e. The molecule has 3 aromatic carbocycles. The summed E-state index contributed by atoms with van der Waals surface area (Å²) in [6.45, 7) is 0. The van der Waals surface area contributed by atoms with Crippen LogP contribution in [-0.4, -0.2) is 19.9 Å². The molecule has 8 aromatic rings. The number of hydrogen-bond donors (Lipinski definition) is 0. The van der Waals surface area contributed by atoms with Gasteiger partial charge in [0, 0.05) is 60.2 Å². The third-order valence-corrected chi connectivity index (χ3v) is 8.36. The molecule has 226 valence electrons. The molecule has 0 N–H and O–H groups in total. The van der Waals surface area contributed by atoms with Crippen LogP contribution in [-0.2, 0) is 0 Å². The fourth-order valence-electron chi connectivity index (χ4n) is 6.02. The van der Waals surface area contributed by atoms with E-state index in [0.29, 0.717) is 0 Å². The number of aromatic nitrogens is 5. The van der Waals surface area contributed by atoms with E-state index < -0.39 is 0 Å². The van der Waals surface area contributed by atoms with Crippen LogP contribution in [0.25, 0.3) is 73.2 Å². The van der Waals surface area contributed by atoms with E-state index in [1.165, 1.54) is 0 Å². The van der Waals surface area contributed by atoms with Gasteiger partial charge in [0.15, 0.2) is 0 Å². The Hall–Kier alpha value is -6.59. The first kappa shape index (κ1) is 28.9. The van der Waals surface area contributed by atoms with E-state index in [1.54, 1.807) is 12.4 Å². The van der Waals surface area contributed by atoms with Crippen LogP contribution in [0.5, 0.6) is 0 Å². The molecule has 0 saturated carbocycles. The van der Waals surface area contributed by atoms with Gasteiger partial charge in [0.1, 0.15) is 0 Å². The van der Waals surface area contributed by atoms with Crippen molar-refractivity contribution >= 4 is 0 Å². The minimum absolute atomic E-state index is 0.807. The second kappa shape index (κ2) is 13.0. The molecule has 0 spiro atoms. The number of benzene rings is 3. The SMILES string of the molecule is c1ccc(-c2cc(-c3ccc(-c4cc(-c5ccccn5)nc(-c5ccccn5)c4)cc3)cc(-c3ccccc3)[n+]2-c2ccncc2)cc1. The zero-order valence-corrected chi connectivity index (χ0v) is 26.1. The number of pyridine rings is 5. The van der Waals surface area contributed by atoms with Gasteiger partial charge in [0.2, 0.25) is 17.1 Å². The lowest BCUT2D eigenvalue weighted by atomic mass is 9.96. The van der Waals surface area contributed by atoms with Crippen molar-refractivity contribution in [2.24, 2.45) is 0 Å². The zero-order chi connectivity index (χ0) is 32.1. The third kappa shape index (κ3) is 5.88. The van der Waals surface area contributed by atoms with Crippen molar-refractivity contribution in [3.8, 4) is 73.2 Å². The summed E-state index contributed by atoms with van der Waals surface area (Å²) in [5.41, 5.74) is 13.1. The van der Waals surface area contributed by atoms with Crippen molar-refractivity contribution in [3.05, 3.63) is 183 Å². The van der Waals surface area contributed by atoms with Crippen LogP contribution in [0.2, 0.25) is 0 Å². The molecule has 0 aliphatic carbocycles. The van der Waals surface area contributed by atoms with Gasteiger partial charge in [0.05, 0.1) is 22.8 Å². The second-order valence-electron chi connectivity index (χ2n) is 11.4. The maximum absolute atomic E-state index is 4.94. The molecular formula is C43H30N5+. The van der Waals surface area contributed by atoms with Crippen LogP contribution in [0.3, 0.4) is 0 Å². The summed E-state index contributed by atoms with van der Waals surface area (Å²) in [4.78, 5) is 18.4. The first-order valence-electron chi connectivity index (χ1n) is 15.9. The Balaban J connectivity index is 1.27. The van der Waals surface area contributed by atoms with Gasteiger partial charge in [-0.25, -0.2) is 4.98 Å². The molecule has 0 bridgehead atoms. The molecule has 48 heavy (non-hydrogen) atoms. The third-order valence-electron chi connectivity index (χ3n) is 8.36. The Labute approximate surface area is 279 Å². The van der Waals surface area contributed by atoms with Crippen molar-refractivity contribution in [2.75, 3.05) is 0 Å². The molecule has 5 nitrogen and oxygen atoms in total. The molecule has 0 amide bonds. The van der Waals surface area contributed by atoms with Gasteiger partial charge in [-0.3, -0.25) is 15.0 Å². The lowest BCUT2D eigenvalue weighted by Crippen LogP contribution is -2.36. The van der Waals surface area contributed by atoms with E-state index in [1.807, 2.05) is 48.8 Å². The van der Waals surface area contributed by atoms with Crippen LogP contribution >= 0.6 is 0 Å². The van der Waals surface area contributed by atoms with E-state index in [0.717, 1.165) is 73.2 Å². The van der Waals surface area contributed by atoms with Crippen LogP contribution in [0, 0.1) is 0 Å². The Morgan fingerprint density at radius 2 is 0.792 bits per heavy atom. The van der Waals surface area contributed by atoms with Gasteiger partial charge in [0.25, 0.3) is 0 Å². The van der Waals surface area contributed by atoms with E-state index in [-0.39, 0.29) is 0 Å². The maximum atomic E-state index is 4.94.